The molecule has 0 radical (unpaired) electrons. The number of carbonyl (C=O) groups is 1. The Labute approximate surface area is 158 Å². The average molecular weight is 359 g/mol. The minimum atomic E-state index is -1.24. The molecule has 0 aromatic carbocycles. The molecule has 2 N–H and O–H groups in total. The molecule has 0 unspecified atom stereocenters. The third kappa shape index (κ3) is 8.11. The van der Waals surface area contributed by atoms with Crippen molar-refractivity contribution in [3.63, 3.8) is 0 Å². The van der Waals surface area contributed by atoms with Crippen LogP contribution in [-0.4, -0.2) is 27.7 Å². The van der Waals surface area contributed by atoms with E-state index in [1.54, 1.807) is 24.3 Å². The van der Waals surface area contributed by atoms with E-state index >= 15 is 0 Å². The first-order valence-corrected chi connectivity index (χ1v) is 9.70. The van der Waals surface area contributed by atoms with Crippen molar-refractivity contribution < 1.29 is 15.0 Å². The highest BCUT2D eigenvalue weighted by molar-refractivity contribution is 6.09. The average Bonchev–Trinajstić information content (AvgIpc) is 2.86. The normalized spacial score (nSPS) is 22.8. The first-order valence-electron chi connectivity index (χ1n) is 9.70. The van der Waals surface area contributed by atoms with Gasteiger partial charge < -0.3 is 10.2 Å². The molecule has 0 saturated heterocycles. The lowest BCUT2D eigenvalue weighted by Gasteiger charge is -2.20. The first kappa shape index (κ1) is 22.3. The monoisotopic (exact) mass is 358 g/mol. The molecular weight excluding hydrogens is 324 g/mol. The van der Waals surface area contributed by atoms with Crippen molar-refractivity contribution in [1.82, 2.24) is 0 Å². The van der Waals surface area contributed by atoms with Gasteiger partial charge in [0, 0.05) is 12.0 Å². The number of hydrogen-bond donors (Lipinski definition) is 2. The van der Waals surface area contributed by atoms with Crippen LogP contribution in [0.3, 0.4) is 0 Å². The molecule has 0 aliphatic heterocycles. The second kappa shape index (κ2) is 11.8. The molecule has 2 atom stereocenters. The Kier molecular flexibility index (Phi) is 10.2. The summed E-state index contributed by atoms with van der Waals surface area (Å²) in [4.78, 5) is 12.0. The molecule has 1 aliphatic rings. The zero-order chi connectivity index (χ0) is 19.4. The van der Waals surface area contributed by atoms with Crippen LogP contribution in [0.4, 0.5) is 0 Å². The van der Waals surface area contributed by atoms with Gasteiger partial charge in [-0.25, -0.2) is 0 Å². The Morgan fingerprint density at radius 2 is 2.00 bits per heavy atom. The van der Waals surface area contributed by atoms with Crippen molar-refractivity contribution in [1.29, 1.82) is 0 Å². The molecule has 0 spiro atoms. The number of unbranched alkanes of at least 4 members (excludes halogenated alkanes) is 3. The maximum Gasteiger partial charge on any atom is 0.184 e. The summed E-state index contributed by atoms with van der Waals surface area (Å²) in [7, 11) is 0. The minimum Gasteiger partial charge on any atom is -0.389 e. The molecule has 0 aromatic heterocycles. The Hall–Kier alpha value is -1.71. The highest BCUT2D eigenvalue weighted by atomic mass is 16.3. The molecule has 1 rings (SSSR count). The maximum atomic E-state index is 12.0. The molecular formula is C23H34O3. The molecule has 0 heterocycles. The minimum absolute atomic E-state index is 0.171. The van der Waals surface area contributed by atoms with Crippen molar-refractivity contribution in [3.8, 4) is 0 Å². The standard InChI is InChI=1S/C23H34O3/c1-4-5-6-7-8-9-17-23(26)18-16-22(25)21(23)15-11-14-20(24)13-10-12-19(2)3/h8-9,11-12,14-16,18,20,24,26H,4-7,10,13,17H2,1-3H3/b9-8-,14-11-,21-15-/t20-,23+/m1/s1. The van der Waals surface area contributed by atoms with E-state index in [-0.39, 0.29) is 5.78 Å². The second-order valence-corrected chi connectivity index (χ2v) is 7.18. The van der Waals surface area contributed by atoms with Crippen LogP contribution >= 0.6 is 0 Å². The number of allylic oxidation sites excluding steroid dienone is 6. The number of ketones is 1. The van der Waals surface area contributed by atoms with Gasteiger partial charge in [0.15, 0.2) is 5.78 Å². The van der Waals surface area contributed by atoms with Gasteiger partial charge in [0.1, 0.15) is 5.60 Å². The van der Waals surface area contributed by atoms with Gasteiger partial charge in [0.25, 0.3) is 0 Å². The van der Waals surface area contributed by atoms with E-state index in [4.69, 9.17) is 0 Å². The first-order chi connectivity index (χ1) is 12.4. The van der Waals surface area contributed by atoms with Gasteiger partial charge in [-0.2, -0.15) is 0 Å². The van der Waals surface area contributed by atoms with Gasteiger partial charge in [0.05, 0.1) is 6.10 Å². The van der Waals surface area contributed by atoms with E-state index in [0.29, 0.717) is 18.4 Å². The lowest BCUT2D eigenvalue weighted by molar-refractivity contribution is -0.112. The fourth-order valence-electron chi connectivity index (χ4n) is 2.82. The number of aliphatic hydroxyl groups is 2. The Balaban J connectivity index is 2.61. The number of carbonyl (C=O) groups excluding carboxylic acids is 1. The third-order valence-electron chi connectivity index (χ3n) is 4.42. The summed E-state index contributed by atoms with van der Waals surface area (Å²) in [5.41, 5.74) is 0.359. The van der Waals surface area contributed by atoms with Crippen LogP contribution in [0.15, 0.2) is 59.8 Å². The fourth-order valence-corrected chi connectivity index (χ4v) is 2.82. The Bertz CT molecular complexity index is 589. The van der Waals surface area contributed by atoms with Crippen LogP contribution in [0.2, 0.25) is 0 Å². The van der Waals surface area contributed by atoms with Crippen molar-refractivity contribution in [2.75, 3.05) is 0 Å². The van der Waals surface area contributed by atoms with Crippen molar-refractivity contribution in [2.24, 2.45) is 0 Å². The molecule has 1 aliphatic carbocycles. The third-order valence-corrected chi connectivity index (χ3v) is 4.42. The van der Waals surface area contributed by atoms with Crippen LogP contribution in [0.5, 0.6) is 0 Å². The summed E-state index contributed by atoms with van der Waals surface area (Å²) in [6.45, 7) is 6.24. The van der Waals surface area contributed by atoms with Crippen LogP contribution in [0.25, 0.3) is 0 Å². The van der Waals surface area contributed by atoms with Gasteiger partial charge in [-0.1, -0.05) is 61.8 Å². The topological polar surface area (TPSA) is 57.5 Å². The van der Waals surface area contributed by atoms with Crippen molar-refractivity contribution in [2.45, 2.75) is 77.4 Å². The Morgan fingerprint density at radius 1 is 1.23 bits per heavy atom. The fraction of sp³-hybridized carbons (Fsp3) is 0.522. The summed E-state index contributed by atoms with van der Waals surface area (Å²) in [6.07, 6.45) is 19.9. The summed E-state index contributed by atoms with van der Waals surface area (Å²) in [6, 6.07) is 0. The molecule has 0 saturated carbocycles. The highest BCUT2D eigenvalue weighted by Gasteiger charge is 2.35. The summed E-state index contributed by atoms with van der Waals surface area (Å²) >= 11 is 0. The quantitative estimate of drug-likeness (QED) is 0.311. The van der Waals surface area contributed by atoms with Gasteiger partial charge in [-0.3, -0.25) is 4.79 Å². The van der Waals surface area contributed by atoms with E-state index in [1.807, 2.05) is 19.9 Å². The molecule has 144 valence electrons. The SMILES string of the molecule is CCCCC/C=C\C[C@]1(O)C=CC(=O)/C1=C/C=C\[C@H](O)CCC=C(C)C. The van der Waals surface area contributed by atoms with Crippen molar-refractivity contribution >= 4 is 5.78 Å². The van der Waals surface area contributed by atoms with Gasteiger partial charge in [0.2, 0.25) is 0 Å². The van der Waals surface area contributed by atoms with Crippen molar-refractivity contribution in [3.05, 3.63) is 59.8 Å². The number of hydrogen-bond acceptors (Lipinski definition) is 3. The Morgan fingerprint density at radius 3 is 2.69 bits per heavy atom. The van der Waals surface area contributed by atoms with Crippen LogP contribution in [-0.2, 0) is 4.79 Å². The smallest absolute Gasteiger partial charge is 0.184 e. The second-order valence-electron chi connectivity index (χ2n) is 7.18. The van der Waals surface area contributed by atoms with E-state index < -0.39 is 11.7 Å². The van der Waals surface area contributed by atoms with Crippen LogP contribution in [0, 0.1) is 0 Å². The summed E-state index contributed by atoms with van der Waals surface area (Å²) in [5, 5.41) is 20.7. The summed E-state index contributed by atoms with van der Waals surface area (Å²) < 4.78 is 0. The maximum absolute atomic E-state index is 12.0. The predicted molar refractivity (Wildman–Crippen MR) is 109 cm³/mol. The highest BCUT2D eigenvalue weighted by Crippen LogP contribution is 2.30. The molecule has 0 aromatic rings. The van der Waals surface area contributed by atoms with E-state index in [0.717, 1.165) is 19.3 Å². The number of rotatable bonds is 11. The molecule has 3 heteroatoms. The molecule has 3 nitrogen and oxygen atoms in total. The lowest BCUT2D eigenvalue weighted by atomic mass is 9.92. The predicted octanol–water partition coefficient (Wildman–Crippen LogP) is 4.97. The number of aliphatic hydroxyl groups excluding tert-OH is 1. The molecule has 0 bridgehead atoms. The van der Waals surface area contributed by atoms with Crippen LogP contribution in [0.1, 0.15) is 65.7 Å². The lowest BCUT2D eigenvalue weighted by Crippen LogP contribution is -2.27. The van der Waals surface area contributed by atoms with E-state index in [2.05, 4.69) is 19.1 Å². The van der Waals surface area contributed by atoms with Gasteiger partial charge >= 0.3 is 0 Å². The van der Waals surface area contributed by atoms with Gasteiger partial charge in [-0.15, -0.1) is 0 Å². The zero-order valence-corrected chi connectivity index (χ0v) is 16.4. The van der Waals surface area contributed by atoms with E-state index in [9.17, 15) is 15.0 Å². The zero-order valence-electron chi connectivity index (χ0n) is 16.4. The van der Waals surface area contributed by atoms with E-state index in [1.165, 1.54) is 24.5 Å². The molecule has 26 heavy (non-hydrogen) atoms. The molecule has 0 fully saturated rings. The summed E-state index contributed by atoms with van der Waals surface area (Å²) in [5.74, 6) is -0.171. The molecule has 0 amide bonds. The van der Waals surface area contributed by atoms with Crippen LogP contribution < -0.4 is 0 Å². The van der Waals surface area contributed by atoms with Gasteiger partial charge in [-0.05, 0) is 51.7 Å². The largest absolute Gasteiger partial charge is 0.389 e.